The van der Waals surface area contributed by atoms with Crippen LogP contribution in [0.3, 0.4) is 0 Å². The SMILES string of the molecule is CC(C)C(C)c1nnc(CCC(=O)O)o1. The van der Waals surface area contributed by atoms with E-state index in [0.717, 1.165) is 0 Å². The normalized spacial score (nSPS) is 13.1. The maximum atomic E-state index is 10.3. The molecule has 0 radical (unpaired) electrons. The maximum Gasteiger partial charge on any atom is 0.303 e. The Morgan fingerprint density at radius 1 is 1.40 bits per heavy atom. The molecule has 1 rings (SSSR count). The Bertz CT molecular complexity index is 333. The van der Waals surface area contributed by atoms with E-state index in [1.54, 1.807) is 0 Å². The Kier molecular flexibility index (Phi) is 3.82. The van der Waals surface area contributed by atoms with Crippen molar-refractivity contribution in [2.24, 2.45) is 5.92 Å². The second-order valence-corrected chi connectivity index (χ2v) is 3.96. The van der Waals surface area contributed by atoms with Crippen LogP contribution >= 0.6 is 0 Å². The number of carboxylic acids is 1. The lowest BCUT2D eigenvalue weighted by Gasteiger charge is -2.09. The fourth-order valence-corrected chi connectivity index (χ4v) is 1.05. The van der Waals surface area contributed by atoms with E-state index < -0.39 is 5.97 Å². The summed E-state index contributed by atoms with van der Waals surface area (Å²) in [5.74, 6) is 0.769. The van der Waals surface area contributed by atoms with E-state index >= 15 is 0 Å². The van der Waals surface area contributed by atoms with Gasteiger partial charge in [0.15, 0.2) is 0 Å². The molecule has 0 aliphatic carbocycles. The summed E-state index contributed by atoms with van der Waals surface area (Å²) in [6.07, 6.45) is 0.324. The van der Waals surface area contributed by atoms with Crippen LogP contribution in [0.25, 0.3) is 0 Å². The first-order valence-corrected chi connectivity index (χ1v) is 5.04. The monoisotopic (exact) mass is 212 g/mol. The van der Waals surface area contributed by atoms with Gasteiger partial charge in [-0.3, -0.25) is 4.79 Å². The largest absolute Gasteiger partial charge is 0.481 e. The van der Waals surface area contributed by atoms with E-state index in [2.05, 4.69) is 24.0 Å². The van der Waals surface area contributed by atoms with Gasteiger partial charge in [0, 0.05) is 12.3 Å². The minimum atomic E-state index is -0.855. The molecule has 0 bridgehead atoms. The zero-order chi connectivity index (χ0) is 11.4. The number of carbonyl (C=O) groups is 1. The van der Waals surface area contributed by atoms with Crippen LogP contribution in [-0.2, 0) is 11.2 Å². The molecule has 0 aromatic carbocycles. The number of aromatic nitrogens is 2. The van der Waals surface area contributed by atoms with Crippen molar-refractivity contribution in [1.29, 1.82) is 0 Å². The lowest BCUT2D eigenvalue weighted by molar-refractivity contribution is -0.137. The molecule has 1 unspecified atom stereocenters. The van der Waals surface area contributed by atoms with Crippen LogP contribution in [0, 0.1) is 5.92 Å². The van der Waals surface area contributed by atoms with Crippen LogP contribution in [0.2, 0.25) is 0 Å². The summed E-state index contributed by atoms with van der Waals surface area (Å²) in [6.45, 7) is 6.16. The fraction of sp³-hybridized carbons (Fsp3) is 0.700. The summed E-state index contributed by atoms with van der Waals surface area (Å²) in [5.41, 5.74) is 0. The van der Waals surface area contributed by atoms with E-state index in [-0.39, 0.29) is 12.3 Å². The van der Waals surface area contributed by atoms with Crippen LogP contribution in [0.15, 0.2) is 4.42 Å². The van der Waals surface area contributed by atoms with Crippen molar-refractivity contribution in [2.45, 2.75) is 39.5 Å². The molecule has 15 heavy (non-hydrogen) atoms. The molecule has 84 valence electrons. The number of aliphatic carboxylic acids is 1. The molecule has 5 heteroatoms. The predicted octanol–water partition coefficient (Wildman–Crippen LogP) is 1.85. The highest BCUT2D eigenvalue weighted by molar-refractivity contribution is 5.66. The number of hydrogen-bond acceptors (Lipinski definition) is 4. The number of hydrogen-bond donors (Lipinski definition) is 1. The van der Waals surface area contributed by atoms with Crippen molar-refractivity contribution in [1.82, 2.24) is 10.2 Å². The van der Waals surface area contributed by atoms with E-state index in [1.165, 1.54) is 0 Å². The summed E-state index contributed by atoms with van der Waals surface area (Å²) in [6, 6.07) is 0. The third-order valence-corrected chi connectivity index (χ3v) is 2.42. The highest BCUT2D eigenvalue weighted by Crippen LogP contribution is 2.22. The molecule has 1 aromatic heterocycles. The van der Waals surface area contributed by atoms with Gasteiger partial charge in [0.1, 0.15) is 0 Å². The first-order valence-electron chi connectivity index (χ1n) is 5.04. The zero-order valence-electron chi connectivity index (χ0n) is 9.23. The third-order valence-electron chi connectivity index (χ3n) is 2.42. The minimum absolute atomic E-state index is 0.0255. The summed E-state index contributed by atoms with van der Waals surface area (Å²) < 4.78 is 5.37. The topological polar surface area (TPSA) is 76.2 Å². The number of aryl methyl sites for hydroxylation is 1. The molecule has 1 atom stereocenters. The fourth-order valence-electron chi connectivity index (χ4n) is 1.05. The predicted molar refractivity (Wildman–Crippen MR) is 53.5 cm³/mol. The molecule has 0 saturated heterocycles. The quantitative estimate of drug-likeness (QED) is 0.805. The Balaban J connectivity index is 2.60. The molecular weight excluding hydrogens is 196 g/mol. The van der Waals surface area contributed by atoms with Crippen LogP contribution in [-0.4, -0.2) is 21.3 Å². The Morgan fingerprint density at radius 2 is 2.07 bits per heavy atom. The average Bonchev–Trinajstić information content (AvgIpc) is 2.61. The summed E-state index contributed by atoms with van der Waals surface area (Å²) >= 11 is 0. The van der Waals surface area contributed by atoms with Crippen molar-refractivity contribution in [2.75, 3.05) is 0 Å². The van der Waals surface area contributed by atoms with Gasteiger partial charge in [-0.05, 0) is 5.92 Å². The molecular formula is C10H16N2O3. The average molecular weight is 212 g/mol. The molecule has 0 aliphatic heterocycles. The van der Waals surface area contributed by atoms with Crippen molar-refractivity contribution >= 4 is 5.97 Å². The number of rotatable bonds is 5. The van der Waals surface area contributed by atoms with Gasteiger partial charge in [-0.25, -0.2) is 0 Å². The molecule has 0 aliphatic rings. The van der Waals surface area contributed by atoms with E-state index in [4.69, 9.17) is 9.52 Å². The van der Waals surface area contributed by atoms with Gasteiger partial charge < -0.3 is 9.52 Å². The highest BCUT2D eigenvalue weighted by Gasteiger charge is 2.17. The lowest BCUT2D eigenvalue weighted by Crippen LogP contribution is -2.02. The molecule has 1 N–H and O–H groups in total. The van der Waals surface area contributed by atoms with Crippen molar-refractivity contribution < 1.29 is 14.3 Å². The standard InChI is InChI=1S/C10H16N2O3/c1-6(2)7(3)10-12-11-8(15-10)4-5-9(13)14/h6-7H,4-5H2,1-3H3,(H,13,14). The van der Waals surface area contributed by atoms with Crippen LogP contribution in [0.5, 0.6) is 0 Å². The molecule has 0 fully saturated rings. The molecule has 5 nitrogen and oxygen atoms in total. The molecule has 1 heterocycles. The first kappa shape index (κ1) is 11.7. The van der Waals surface area contributed by atoms with Gasteiger partial charge in [0.2, 0.25) is 11.8 Å². The summed E-state index contributed by atoms with van der Waals surface area (Å²) in [5, 5.41) is 16.2. The summed E-state index contributed by atoms with van der Waals surface area (Å²) in [7, 11) is 0. The molecule has 0 saturated carbocycles. The first-order chi connectivity index (χ1) is 7.00. The van der Waals surface area contributed by atoms with Crippen molar-refractivity contribution in [3.63, 3.8) is 0 Å². The second-order valence-electron chi connectivity index (χ2n) is 3.96. The Morgan fingerprint density at radius 3 is 2.60 bits per heavy atom. The van der Waals surface area contributed by atoms with Crippen molar-refractivity contribution in [3.8, 4) is 0 Å². The van der Waals surface area contributed by atoms with Crippen molar-refractivity contribution in [3.05, 3.63) is 11.8 Å². The molecule has 0 amide bonds. The highest BCUT2D eigenvalue weighted by atomic mass is 16.4. The van der Waals surface area contributed by atoms with E-state index in [9.17, 15) is 4.79 Å². The van der Waals surface area contributed by atoms with Crippen LogP contribution in [0.4, 0.5) is 0 Å². The smallest absolute Gasteiger partial charge is 0.303 e. The number of nitrogens with zero attached hydrogens (tertiary/aromatic N) is 2. The summed E-state index contributed by atoms with van der Waals surface area (Å²) in [4.78, 5) is 10.3. The minimum Gasteiger partial charge on any atom is -0.481 e. The van der Waals surface area contributed by atoms with Gasteiger partial charge in [-0.2, -0.15) is 0 Å². The lowest BCUT2D eigenvalue weighted by atomic mass is 9.98. The maximum absolute atomic E-state index is 10.3. The Labute approximate surface area is 88.5 Å². The van der Waals surface area contributed by atoms with Crippen LogP contribution in [0.1, 0.15) is 44.9 Å². The molecule has 1 aromatic rings. The third kappa shape index (κ3) is 3.34. The van der Waals surface area contributed by atoms with Gasteiger partial charge in [0.05, 0.1) is 6.42 Å². The van der Waals surface area contributed by atoms with Gasteiger partial charge in [-0.1, -0.05) is 20.8 Å². The van der Waals surface area contributed by atoms with Gasteiger partial charge >= 0.3 is 5.97 Å². The van der Waals surface area contributed by atoms with E-state index in [1.807, 2.05) is 6.92 Å². The van der Waals surface area contributed by atoms with Gasteiger partial charge in [-0.15, -0.1) is 10.2 Å². The van der Waals surface area contributed by atoms with Gasteiger partial charge in [0.25, 0.3) is 0 Å². The molecule has 0 spiro atoms. The number of carboxylic acid groups (broad SMARTS) is 1. The van der Waals surface area contributed by atoms with Crippen LogP contribution < -0.4 is 0 Å². The zero-order valence-corrected chi connectivity index (χ0v) is 9.23. The second kappa shape index (κ2) is 4.91. The Hall–Kier alpha value is -1.39. The van der Waals surface area contributed by atoms with E-state index in [0.29, 0.717) is 24.1 Å².